The second-order valence-electron chi connectivity index (χ2n) is 3.72. The molecule has 0 aromatic heterocycles. The van der Waals surface area contributed by atoms with E-state index in [0.29, 0.717) is 24.7 Å². The first-order valence-electron chi connectivity index (χ1n) is 5.99. The molecule has 0 bridgehead atoms. The number of carbonyl (C=O) groups excluding carboxylic acids is 2. The Balaban J connectivity index is 3.35. The second kappa shape index (κ2) is 11.9. The molecule has 0 saturated heterocycles. The van der Waals surface area contributed by atoms with E-state index < -0.39 is 12.1 Å². The van der Waals surface area contributed by atoms with Crippen LogP contribution < -0.4 is 5.32 Å². The topological polar surface area (TPSA) is 73.9 Å². The van der Waals surface area contributed by atoms with Crippen LogP contribution in [0.2, 0.25) is 0 Å². The lowest BCUT2D eigenvalue weighted by molar-refractivity contribution is -0.138. The lowest BCUT2D eigenvalue weighted by Crippen LogP contribution is -2.29. The van der Waals surface area contributed by atoms with Crippen molar-refractivity contribution in [2.24, 2.45) is 0 Å². The minimum atomic E-state index is -0.526. The molecule has 0 heterocycles. The van der Waals surface area contributed by atoms with Gasteiger partial charge in [-0.15, -0.1) is 0 Å². The highest BCUT2D eigenvalue weighted by Gasteiger charge is 2.04. The Morgan fingerprint density at radius 3 is 2.47 bits per heavy atom. The van der Waals surface area contributed by atoms with E-state index in [9.17, 15) is 9.59 Å². The average Bonchev–Trinajstić information content (AvgIpc) is 2.38. The van der Waals surface area contributed by atoms with Gasteiger partial charge in [0.05, 0.1) is 19.1 Å². The number of carbonyl (C=O) groups is 2. The largest absolute Gasteiger partial charge is 0.460 e. The molecule has 0 aliphatic rings. The molecular weight excluding hydrogens is 270 g/mol. The van der Waals surface area contributed by atoms with Gasteiger partial charge in [-0.3, -0.25) is 0 Å². The number of esters is 1. The third-order valence-corrected chi connectivity index (χ3v) is 2.14. The van der Waals surface area contributed by atoms with Crippen LogP contribution in [0.25, 0.3) is 0 Å². The van der Waals surface area contributed by atoms with Crippen molar-refractivity contribution in [3.05, 3.63) is 12.2 Å². The van der Waals surface area contributed by atoms with Crippen molar-refractivity contribution < 1.29 is 23.8 Å². The number of rotatable bonds is 10. The summed E-state index contributed by atoms with van der Waals surface area (Å²) >= 11 is 3.89. The summed E-state index contributed by atoms with van der Waals surface area (Å²) in [6.45, 7) is 6.23. The van der Waals surface area contributed by atoms with Gasteiger partial charge in [-0.2, -0.15) is 12.6 Å². The van der Waals surface area contributed by atoms with Crippen molar-refractivity contribution in [3.8, 4) is 0 Å². The molecule has 0 atom stereocenters. The number of nitrogens with one attached hydrogen (secondary N) is 1. The summed E-state index contributed by atoms with van der Waals surface area (Å²) < 4.78 is 14.7. The zero-order chi connectivity index (χ0) is 14.5. The summed E-state index contributed by atoms with van der Waals surface area (Å²) in [6, 6.07) is 0. The Kier molecular flexibility index (Phi) is 11.1. The van der Waals surface area contributed by atoms with Crippen LogP contribution in [0.15, 0.2) is 12.2 Å². The maximum absolute atomic E-state index is 11.2. The molecule has 0 saturated carbocycles. The van der Waals surface area contributed by atoms with Crippen molar-refractivity contribution in [1.29, 1.82) is 0 Å². The van der Waals surface area contributed by atoms with Crippen LogP contribution in [0, 0.1) is 0 Å². The summed E-state index contributed by atoms with van der Waals surface area (Å²) in [5, 5.41) is 2.47. The van der Waals surface area contributed by atoms with E-state index in [0.717, 1.165) is 12.8 Å². The highest BCUT2D eigenvalue weighted by molar-refractivity contribution is 7.80. The summed E-state index contributed by atoms with van der Waals surface area (Å²) in [5.74, 6) is -0.0797. The average molecular weight is 291 g/mol. The maximum Gasteiger partial charge on any atom is 0.407 e. The molecule has 0 rings (SSSR count). The van der Waals surface area contributed by atoms with Crippen LogP contribution in [0.3, 0.4) is 0 Å². The van der Waals surface area contributed by atoms with E-state index in [1.165, 1.54) is 0 Å². The standard InChI is InChI=1S/C12H21NO5S/c1-10(2)11(14)17-8-5-13-12(15)18-7-4-3-6-16-9-19/h19H,1,3-9H2,2H3,(H,13,15). The molecular formula is C12H21NO5S. The molecule has 7 heteroatoms. The number of hydrogen-bond donors (Lipinski definition) is 2. The normalized spacial score (nSPS) is 9.79. The first kappa shape index (κ1) is 17.8. The minimum absolute atomic E-state index is 0.0938. The van der Waals surface area contributed by atoms with Gasteiger partial charge in [0.25, 0.3) is 0 Å². The molecule has 0 aliphatic carbocycles. The fraction of sp³-hybridized carbons (Fsp3) is 0.667. The number of thiol groups is 1. The molecule has 0 aromatic carbocycles. The second-order valence-corrected chi connectivity index (χ2v) is 3.98. The van der Waals surface area contributed by atoms with Gasteiger partial charge in [0, 0.05) is 12.2 Å². The van der Waals surface area contributed by atoms with Gasteiger partial charge in [0.2, 0.25) is 0 Å². The summed E-state index contributed by atoms with van der Waals surface area (Å²) in [4.78, 5) is 22.2. The highest BCUT2D eigenvalue weighted by atomic mass is 32.1. The fourth-order valence-corrected chi connectivity index (χ4v) is 1.14. The van der Waals surface area contributed by atoms with E-state index in [2.05, 4.69) is 24.5 Å². The molecule has 6 nitrogen and oxygen atoms in total. The van der Waals surface area contributed by atoms with E-state index in [-0.39, 0.29) is 13.2 Å². The smallest absolute Gasteiger partial charge is 0.407 e. The van der Waals surface area contributed by atoms with E-state index in [1.54, 1.807) is 6.92 Å². The molecule has 0 spiro atoms. The van der Waals surface area contributed by atoms with Crippen molar-refractivity contribution in [2.75, 3.05) is 32.3 Å². The van der Waals surface area contributed by atoms with Crippen molar-refractivity contribution in [1.82, 2.24) is 5.32 Å². The van der Waals surface area contributed by atoms with Gasteiger partial charge in [-0.1, -0.05) is 6.58 Å². The van der Waals surface area contributed by atoms with Crippen molar-refractivity contribution in [3.63, 3.8) is 0 Å². The van der Waals surface area contributed by atoms with Crippen LogP contribution in [-0.4, -0.2) is 44.4 Å². The first-order valence-corrected chi connectivity index (χ1v) is 6.63. The predicted octanol–water partition coefficient (Wildman–Crippen LogP) is 1.52. The van der Waals surface area contributed by atoms with Crippen LogP contribution in [0.5, 0.6) is 0 Å². The molecule has 19 heavy (non-hydrogen) atoms. The third kappa shape index (κ3) is 11.6. The fourth-order valence-electron chi connectivity index (χ4n) is 1.01. The quantitative estimate of drug-likeness (QED) is 0.210. The number of ether oxygens (including phenoxy) is 3. The summed E-state index contributed by atoms with van der Waals surface area (Å²) in [5.41, 5.74) is 0.325. The monoisotopic (exact) mass is 291 g/mol. The molecule has 0 radical (unpaired) electrons. The molecule has 0 aromatic rings. The number of unbranched alkanes of at least 4 members (excludes halogenated alkanes) is 1. The predicted molar refractivity (Wildman–Crippen MR) is 74.2 cm³/mol. The van der Waals surface area contributed by atoms with Crippen LogP contribution in [0.4, 0.5) is 4.79 Å². The Morgan fingerprint density at radius 1 is 1.16 bits per heavy atom. The van der Waals surface area contributed by atoms with E-state index >= 15 is 0 Å². The molecule has 0 aliphatic heterocycles. The van der Waals surface area contributed by atoms with Crippen LogP contribution in [0.1, 0.15) is 19.8 Å². The van der Waals surface area contributed by atoms with E-state index in [1.807, 2.05) is 0 Å². The maximum atomic E-state index is 11.2. The Labute approximate surface area is 118 Å². The highest BCUT2D eigenvalue weighted by Crippen LogP contribution is 1.93. The Bertz CT molecular complexity index is 296. The molecule has 0 unspecified atom stereocenters. The summed E-state index contributed by atoms with van der Waals surface area (Å²) in [7, 11) is 0. The van der Waals surface area contributed by atoms with Gasteiger partial charge in [0.1, 0.15) is 6.61 Å². The van der Waals surface area contributed by atoms with Gasteiger partial charge in [0.15, 0.2) is 0 Å². The van der Waals surface area contributed by atoms with E-state index in [4.69, 9.17) is 14.2 Å². The summed E-state index contributed by atoms with van der Waals surface area (Å²) in [6.07, 6.45) is 1.01. The van der Waals surface area contributed by atoms with Gasteiger partial charge in [-0.25, -0.2) is 9.59 Å². The lowest BCUT2D eigenvalue weighted by Gasteiger charge is -2.07. The van der Waals surface area contributed by atoms with Crippen LogP contribution >= 0.6 is 12.6 Å². The Hall–Kier alpha value is -1.21. The van der Waals surface area contributed by atoms with Crippen molar-refractivity contribution in [2.45, 2.75) is 19.8 Å². The zero-order valence-corrected chi connectivity index (χ0v) is 12.0. The molecule has 0 fully saturated rings. The lowest BCUT2D eigenvalue weighted by atomic mass is 10.3. The number of alkyl carbamates (subject to hydrolysis) is 1. The minimum Gasteiger partial charge on any atom is -0.460 e. The van der Waals surface area contributed by atoms with Gasteiger partial charge < -0.3 is 19.5 Å². The number of hydrogen-bond acceptors (Lipinski definition) is 6. The first-order chi connectivity index (χ1) is 9.07. The van der Waals surface area contributed by atoms with Gasteiger partial charge >= 0.3 is 12.1 Å². The zero-order valence-electron chi connectivity index (χ0n) is 11.1. The molecule has 110 valence electrons. The van der Waals surface area contributed by atoms with Crippen molar-refractivity contribution >= 4 is 24.7 Å². The SMILES string of the molecule is C=C(C)C(=O)OCCNC(=O)OCCCCOCS. The third-order valence-electron chi connectivity index (χ3n) is 1.96. The number of amides is 1. The molecule has 1 N–H and O–H groups in total. The van der Waals surface area contributed by atoms with Crippen LogP contribution in [-0.2, 0) is 19.0 Å². The van der Waals surface area contributed by atoms with Gasteiger partial charge in [-0.05, 0) is 19.8 Å². The Morgan fingerprint density at radius 2 is 1.84 bits per heavy atom. The molecule has 1 amide bonds.